The molecule has 0 aliphatic heterocycles. The lowest BCUT2D eigenvalue weighted by molar-refractivity contribution is 0.0700. The van der Waals surface area contributed by atoms with Gasteiger partial charge in [-0.25, -0.2) is 4.79 Å². The highest BCUT2D eigenvalue weighted by atomic mass is 79.9. The van der Waals surface area contributed by atoms with Gasteiger partial charge < -0.3 is 9.51 Å². The van der Waals surface area contributed by atoms with Gasteiger partial charge in [0.2, 0.25) is 0 Å². The Labute approximate surface area is 132 Å². The number of aromatic carboxylic acids is 1. The summed E-state index contributed by atoms with van der Waals surface area (Å²) in [6.07, 6.45) is 3.68. The first kappa shape index (κ1) is 13.4. The molecule has 0 atom stereocenters. The molecule has 0 bridgehead atoms. The van der Waals surface area contributed by atoms with Crippen LogP contribution in [-0.2, 0) is 0 Å². The first-order chi connectivity index (χ1) is 9.58. The van der Waals surface area contributed by atoms with Crippen LogP contribution in [0.1, 0.15) is 10.4 Å². The van der Waals surface area contributed by atoms with E-state index in [1.165, 1.54) is 0 Å². The van der Waals surface area contributed by atoms with E-state index < -0.39 is 5.97 Å². The molecule has 0 amide bonds. The number of carboxylic acid groups (broad SMARTS) is 1. The SMILES string of the molecule is O=C(O)c1c(-c2cc(Br)ccc2Br)cn2ccccc12. The fourth-order valence-electron chi connectivity index (χ4n) is 2.25. The van der Waals surface area contributed by atoms with Gasteiger partial charge >= 0.3 is 5.97 Å². The van der Waals surface area contributed by atoms with Gasteiger partial charge in [-0.15, -0.1) is 0 Å². The lowest BCUT2D eigenvalue weighted by Gasteiger charge is -2.05. The van der Waals surface area contributed by atoms with Crippen LogP contribution in [0.4, 0.5) is 0 Å². The van der Waals surface area contributed by atoms with E-state index in [-0.39, 0.29) is 0 Å². The Morgan fingerprint density at radius 3 is 2.65 bits per heavy atom. The molecular weight excluding hydrogens is 386 g/mol. The second-order valence-corrected chi connectivity index (χ2v) is 6.11. The van der Waals surface area contributed by atoms with Gasteiger partial charge in [-0.05, 0) is 35.9 Å². The van der Waals surface area contributed by atoms with E-state index in [2.05, 4.69) is 31.9 Å². The smallest absolute Gasteiger partial charge is 0.338 e. The minimum Gasteiger partial charge on any atom is -0.478 e. The number of nitrogens with zero attached hydrogens (tertiary/aromatic N) is 1. The number of halogens is 2. The molecule has 5 heteroatoms. The molecular formula is C15H9Br2NO2. The quantitative estimate of drug-likeness (QED) is 0.676. The minimum atomic E-state index is -0.930. The van der Waals surface area contributed by atoms with Crippen molar-refractivity contribution in [2.45, 2.75) is 0 Å². The van der Waals surface area contributed by atoms with Gasteiger partial charge in [0.1, 0.15) is 0 Å². The maximum Gasteiger partial charge on any atom is 0.338 e. The number of hydrogen-bond acceptors (Lipinski definition) is 1. The standard InChI is InChI=1S/C15H9Br2NO2/c16-9-4-5-12(17)10(7-9)11-8-18-6-2-1-3-13(18)14(11)15(19)20/h1-8H,(H,19,20). The average Bonchev–Trinajstić information content (AvgIpc) is 2.80. The highest BCUT2D eigenvalue weighted by Gasteiger charge is 2.19. The van der Waals surface area contributed by atoms with Crippen LogP contribution in [0.25, 0.3) is 16.6 Å². The molecule has 1 N–H and O–H groups in total. The summed E-state index contributed by atoms with van der Waals surface area (Å²) in [5.41, 5.74) is 2.53. The average molecular weight is 395 g/mol. The first-order valence-electron chi connectivity index (χ1n) is 5.86. The van der Waals surface area contributed by atoms with Crippen molar-refractivity contribution in [1.82, 2.24) is 4.40 Å². The molecule has 3 rings (SSSR count). The summed E-state index contributed by atoms with van der Waals surface area (Å²) >= 11 is 6.91. The van der Waals surface area contributed by atoms with Crippen molar-refractivity contribution >= 4 is 43.3 Å². The van der Waals surface area contributed by atoms with Crippen LogP contribution < -0.4 is 0 Å². The van der Waals surface area contributed by atoms with Crippen molar-refractivity contribution in [2.24, 2.45) is 0 Å². The van der Waals surface area contributed by atoms with E-state index in [0.29, 0.717) is 16.6 Å². The molecule has 0 spiro atoms. The summed E-state index contributed by atoms with van der Waals surface area (Å²) in [4.78, 5) is 11.6. The number of hydrogen-bond donors (Lipinski definition) is 1. The zero-order valence-corrected chi connectivity index (χ0v) is 13.3. The Hall–Kier alpha value is -1.59. The van der Waals surface area contributed by atoms with Gasteiger partial charge in [-0.1, -0.05) is 37.9 Å². The molecule has 0 radical (unpaired) electrons. The Bertz CT molecular complexity index is 824. The van der Waals surface area contributed by atoms with Gasteiger partial charge in [-0.3, -0.25) is 0 Å². The van der Waals surface area contributed by atoms with Crippen molar-refractivity contribution in [3.63, 3.8) is 0 Å². The molecule has 2 heterocycles. The summed E-state index contributed by atoms with van der Waals surface area (Å²) in [6, 6.07) is 11.2. The zero-order valence-electron chi connectivity index (χ0n) is 10.2. The molecule has 0 aliphatic rings. The van der Waals surface area contributed by atoms with Crippen LogP contribution in [-0.4, -0.2) is 15.5 Å². The molecule has 0 aliphatic carbocycles. The van der Waals surface area contributed by atoms with E-state index in [9.17, 15) is 9.90 Å². The third-order valence-electron chi connectivity index (χ3n) is 3.12. The fourth-order valence-corrected chi connectivity index (χ4v) is 3.08. The molecule has 20 heavy (non-hydrogen) atoms. The van der Waals surface area contributed by atoms with Crippen molar-refractivity contribution in [2.75, 3.05) is 0 Å². The normalized spacial score (nSPS) is 10.9. The monoisotopic (exact) mass is 393 g/mol. The molecule has 0 saturated heterocycles. The van der Waals surface area contributed by atoms with E-state index in [1.54, 1.807) is 6.07 Å². The number of rotatable bonds is 2. The minimum absolute atomic E-state index is 0.310. The maximum atomic E-state index is 11.6. The third-order valence-corrected chi connectivity index (χ3v) is 4.30. The highest BCUT2D eigenvalue weighted by Crippen LogP contribution is 2.35. The lowest BCUT2D eigenvalue weighted by Crippen LogP contribution is -1.98. The highest BCUT2D eigenvalue weighted by molar-refractivity contribution is 9.11. The topological polar surface area (TPSA) is 41.7 Å². The lowest BCUT2D eigenvalue weighted by atomic mass is 10.0. The molecule has 3 nitrogen and oxygen atoms in total. The van der Waals surface area contributed by atoms with Crippen LogP contribution in [0.2, 0.25) is 0 Å². The van der Waals surface area contributed by atoms with Gasteiger partial charge in [-0.2, -0.15) is 0 Å². The molecule has 1 aromatic carbocycles. The van der Waals surface area contributed by atoms with E-state index in [1.807, 2.05) is 47.1 Å². The number of aromatic nitrogens is 1. The first-order valence-corrected chi connectivity index (χ1v) is 7.45. The number of benzene rings is 1. The van der Waals surface area contributed by atoms with Crippen LogP contribution >= 0.6 is 31.9 Å². The fraction of sp³-hybridized carbons (Fsp3) is 0. The van der Waals surface area contributed by atoms with Crippen LogP contribution in [0.5, 0.6) is 0 Å². The van der Waals surface area contributed by atoms with Crippen molar-refractivity contribution in [3.05, 3.63) is 63.3 Å². The van der Waals surface area contributed by atoms with Crippen molar-refractivity contribution in [3.8, 4) is 11.1 Å². The second kappa shape index (κ2) is 5.07. The number of carbonyl (C=O) groups is 1. The summed E-state index contributed by atoms with van der Waals surface area (Å²) < 4.78 is 3.59. The molecule has 0 saturated carbocycles. The van der Waals surface area contributed by atoms with Crippen molar-refractivity contribution < 1.29 is 9.90 Å². The molecule has 0 unspecified atom stereocenters. The van der Waals surface area contributed by atoms with Gasteiger partial charge in [0, 0.05) is 26.9 Å². The zero-order chi connectivity index (χ0) is 14.3. The Balaban J connectivity index is 2.38. The maximum absolute atomic E-state index is 11.6. The van der Waals surface area contributed by atoms with Gasteiger partial charge in [0.25, 0.3) is 0 Å². The van der Waals surface area contributed by atoms with Crippen LogP contribution in [0.3, 0.4) is 0 Å². The van der Waals surface area contributed by atoms with Gasteiger partial charge in [0.15, 0.2) is 0 Å². The number of carboxylic acids is 1. The molecule has 3 aromatic rings. The van der Waals surface area contributed by atoms with Crippen LogP contribution in [0, 0.1) is 0 Å². The Morgan fingerprint density at radius 1 is 1.10 bits per heavy atom. The largest absolute Gasteiger partial charge is 0.478 e. The summed E-state index contributed by atoms with van der Waals surface area (Å²) in [6.45, 7) is 0. The molecule has 0 fully saturated rings. The summed E-state index contributed by atoms with van der Waals surface area (Å²) in [5, 5.41) is 9.53. The van der Waals surface area contributed by atoms with E-state index in [0.717, 1.165) is 14.5 Å². The molecule has 2 aromatic heterocycles. The van der Waals surface area contributed by atoms with E-state index >= 15 is 0 Å². The second-order valence-electron chi connectivity index (χ2n) is 4.34. The van der Waals surface area contributed by atoms with Crippen molar-refractivity contribution in [1.29, 1.82) is 0 Å². The van der Waals surface area contributed by atoms with Crippen LogP contribution in [0.15, 0.2) is 57.7 Å². The van der Waals surface area contributed by atoms with Gasteiger partial charge in [0.05, 0.1) is 11.1 Å². The molecule has 100 valence electrons. The van der Waals surface area contributed by atoms with E-state index in [4.69, 9.17) is 0 Å². The summed E-state index contributed by atoms with van der Waals surface area (Å²) in [5.74, 6) is -0.930. The summed E-state index contributed by atoms with van der Waals surface area (Å²) in [7, 11) is 0. The number of pyridine rings is 1. The number of fused-ring (bicyclic) bond motifs is 1. The predicted octanol–water partition coefficient (Wildman–Crippen LogP) is 4.83. The Kier molecular flexibility index (Phi) is 3.40. The third kappa shape index (κ3) is 2.17. The Morgan fingerprint density at radius 2 is 1.90 bits per heavy atom. The predicted molar refractivity (Wildman–Crippen MR) is 85.2 cm³/mol.